The summed E-state index contributed by atoms with van der Waals surface area (Å²) >= 11 is 0. The molecule has 2 aromatic rings. The molecule has 202 valence electrons. The summed E-state index contributed by atoms with van der Waals surface area (Å²) in [5, 5.41) is 17.1. The number of hydrogen-bond donors (Lipinski definition) is 3. The van der Waals surface area contributed by atoms with Crippen LogP contribution in [0.15, 0.2) is 24.3 Å². The Bertz CT molecular complexity index is 1130. The lowest BCUT2D eigenvalue weighted by molar-refractivity contribution is -0.120. The molecule has 1 aromatic carbocycles. The molecule has 1 saturated carbocycles. The van der Waals surface area contributed by atoms with Crippen molar-refractivity contribution in [2.24, 2.45) is 5.41 Å². The molecule has 6 nitrogen and oxygen atoms in total. The molecule has 1 spiro atoms. The Kier molecular flexibility index (Phi) is 7.85. The lowest BCUT2D eigenvalue weighted by atomic mass is 9.73. The lowest BCUT2D eigenvalue weighted by Gasteiger charge is -2.47. The smallest absolute Gasteiger partial charge is 0.221 e. The van der Waals surface area contributed by atoms with E-state index < -0.39 is 35.3 Å². The van der Waals surface area contributed by atoms with E-state index >= 15 is 0 Å². The number of rotatable bonds is 8. The molecule has 37 heavy (non-hydrogen) atoms. The summed E-state index contributed by atoms with van der Waals surface area (Å²) in [4.78, 5) is 16.0. The number of fused-ring (bicyclic) bond motifs is 1. The van der Waals surface area contributed by atoms with E-state index in [-0.39, 0.29) is 36.2 Å². The van der Waals surface area contributed by atoms with E-state index in [1.54, 1.807) is 6.07 Å². The van der Waals surface area contributed by atoms with Crippen LogP contribution in [0.25, 0.3) is 0 Å². The zero-order valence-electron chi connectivity index (χ0n) is 21.8. The Balaban J connectivity index is 1.54. The van der Waals surface area contributed by atoms with E-state index in [1.807, 2.05) is 20.8 Å². The Morgan fingerprint density at radius 3 is 2.43 bits per heavy atom. The van der Waals surface area contributed by atoms with Crippen molar-refractivity contribution in [3.8, 4) is 5.88 Å². The van der Waals surface area contributed by atoms with Gasteiger partial charge in [-0.05, 0) is 61.3 Å². The lowest BCUT2D eigenvalue weighted by Crippen LogP contribution is -2.52. The Morgan fingerprint density at radius 1 is 1.19 bits per heavy atom. The van der Waals surface area contributed by atoms with Crippen LogP contribution in [0, 0.1) is 23.0 Å². The molecule has 1 aliphatic carbocycles. The number of aromatic nitrogens is 1. The fourth-order valence-corrected chi connectivity index (χ4v) is 5.28. The molecule has 0 bridgehead atoms. The van der Waals surface area contributed by atoms with Gasteiger partial charge in [-0.3, -0.25) is 4.79 Å². The zero-order valence-corrected chi connectivity index (χ0v) is 21.8. The van der Waals surface area contributed by atoms with E-state index in [0.29, 0.717) is 24.0 Å². The second kappa shape index (κ2) is 10.6. The predicted octanol–water partition coefficient (Wildman–Crippen LogP) is 4.53. The van der Waals surface area contributed by atoms with E-state index in [0.717, 1.165) is 30.9 Å². The first-order valence-corrected chi connectivity index (χ1v) is 12.8. The van der Waals surface area contributed by atoms with Gasteiger partial charge in [0.1, 0.15) is 17.2 Å². The largest absolute Gasteiger partial charge is 0.471 e. The molecule has 4 rings (SSSR count). The van der Waals surface area contributed by atoms with Crippen LogP contribution in [0.4, 0.5) is 13.2 Å². The van der Waals surface area contributed by atoms with E-state index in [4.69, 9.17) is 4.74 Å². The van der Waals surface area contributed by atoms with Crippen LogP contribution in [-0.2, 0) is 17.6 Å². The van der Waals surface area contributed by atoms with Gasteiger partial charge in [-0.2, -0.15) is 9.37 Å². The molecule has 0 radical (unpaired) electrons. The predicted molar refractivity (Wildman–Crippen MR) is 134 cm³/mol. The number of carbonyl (C=O) groups excluding carboxylic acids is 1. The van der Waals surface area contributed by atoms with Crippen LogP contribution < -0.4 is 15.4 Å². The SMILES string of the molecule is CC(=O)N[C@@H](Cc1cc(F)cc(F)c1)[C@H](O)CN[C@H]1CC2(CCC2)Oc2nc(F)c(CC(C)(C)C)cc21. The van der Waals surface area contributed by atoms with Crippen LogP contribution in [0.1, 0.15) is 76.1 Å². The summed E-state index contributed by atoms with van der Waals surface area (Å²) in [6.45, 7) is 7.51. The van der Waals surface area contributed by atoms with Crippen LogP contribution in [0.3, 0.4) is 0 Å². The zero-order chi connectivity index (χ0) is 27.0. The first-order chi connectivity index (χ1) is 17.3. The van der Waals surface area contributed by atoms with Gasteiger partial charge in [-0.15, -0.1) is 0 Å². The highest BCUT2D eigenvalue weighted by Crippen LogP contribution is 2.48. The molecule has 0 unspecified atom stereocenters. The number of hydrogen-bond acceptors (Lipinski definition) is 5. The number of halogens is 3. The number of nitrogens with one attached hydrogen (secondary N) is 2. The number of ether oxygens (including phenoxy) is 1. The fourth-order valence-electron chi connectivity index (χ4n) is 5.28. The summed E-state index contributed by atoms with van der Waals surface area (Å²) in [5.41, 5.74) is 1.04. The van der Waals surface area contributed by atoms with Gasteiger partial charge in [0.15, 0.2) is 0 Å². The summed E-state index contributed by atoms with van der Waals surface area (Å²) in [5.74, 6) is -2.06. The van der Waals surface area contributed by atoms with Crippen molar-refractivity contribution >= 4 is 5.91 Å². The summed E-state index contributed by atoms with van der Waals surface area (Å²) in [7, 11) is 0. The first-order valence-electron chi connectivity index (χ1n) is 12.8. The van der Waals surface area contributed by atoms with Crippen molar-refractivity contribution in [2.75, 3.05) is 6.54 Å². The van der Waals surface area contributed by atoms with Crippen LogP contribution in [-0.4, -0.2) is 40.3 Å². The van der Waals surface area contributed by atoms with Crippen molar-refractivity contribution in [2.45, 2.75) is 90.0 Å². The van der Waals surface area contributed by atoms with Crippen LogP contribution in [0.2, 0.25) is 0 Å². The Labute approximate surface area is 216 Å². The van der Waals surface area contributed by atoms with Gasteiger partial charge < -0.3 is 20.5 Å². The molecule has 0 saturated heterocycles. The number of carbonyl (C=O) groups is 1. The third kappa shape index (κ3) is 6.82. The molecule has 2 aliphatic rings. The highest BCUT2D eigenvalue weighted by Gasteiger charge is 2.46. The normalized spacial score (nSPS) is 19.9. The quantitative estimate of drug-likeness (QED) is 0.447. The van der Waals surface area contributed by atoms with Crippen molar-refractivity contribution < 1.29 is 27.8 Å². The van der Waals surface area contributed by atoms with Crippen molar-refractivity contribution in [3.63, 3.8) is 0 Å². The third-order valence-electron chi connectivity index (χ3n) is 7.10. The van der Waals surface area contributed by atoms with E-state index in [9.17, 15) is 23.1 Å². The monoisotopic (exact) mass is 519 g/mol. The molecule has 9 heteroatoms. The molecule has 2 heterocycles. The summed E-state index contributed by atoms with van der Waals surface area (Å²) in [6, 6.07) is 3.94. The van der Waals surface area contributed by atoms with Gasteiger partial charge in [0.05, 0.1) is 12.1 Å². The van der Waals surface area contributed by atoms with Crippen molar-refractivity contribution in [1.29, 1.82) is 0 Å². The molecular weight excluding hydrogens is 483 g/mol. The van der Waals surface area contributed by atoms with E-state index in [2.05, 4.69) is 15.6 Å². The number of pyridine rings is 1. The maximum absolute atomic E-state index is 14.9. The van der Waals surface area contributed by atoms with Gasteiger partial charge in [-0.25, -0.2) is 8.78 Å². The highest BCUT2D eigenvalue weighted by atomic mass is 19.1. The van der Waals surface area contributed by atoms with Gasteiger partial charge >= 0.3 is 0 Å². The maximum atomic E-state index is 14.9. The molecule has 1 aromatic heterocycles. The van der Waals surface area contributed by atoms with Crippen molar-refractivity contribution in [3.05, 3.63) is 58.5 Å². The molecule has 1 fully saturated rings. The average molecular weight is 520 g/mol. The van der Waals surface area contributed by atoms with Crippen LogP contribution >= 0.6 is 0 Å². The van der Waals surface area contributed by atoms with E-state index in [1.165, 1.54) is 19.1 Å². The summed E-state index contributed by atoms with van der Waals surface area (Å²) in [6.07, 6.45) is 2.86. The topological polar surface area (TPSA) is 83.5 Å². The molecular formula is C28H36F3N3O3. The number of amides is 1. The standard InChI is InChI=1S/C28H36F3N3O3/c1-16(35)33-22(10-17-8-19(29)12-20(30)9-17)24(36)15-32-23-14-28(6-5-7-28)37-26-21(23)11-18(25(31)34-26)13-27(2,3)4/h8-9,11-12,22-24,32,36H,5-7,10,13-15H2,1-4H3,(H,33,35)/t22-,23-,24+/m0/s1. The highest BCUT2D eigenvalue weighted by molar-refractivity contribution is 5.73. The summed E-state index contributed by atoms with van der Waals surface area (Å²) < 4.78 is 48.5. The number of aliphatic hydroxyl groups is 1. The Morgan fingerprint density at radius 2 is 1.86 bits per heavy atom. The Hall–Kier alpha value is -2.65. The fraction of sp³-hybridized carbons (Fsp3) is 0.571. The van der Waals surface area contributed by atoms with Gasteiger partial charge in [-0.1, -0.05) is 20.8 Å². The van der Waals surface area contributed by atoms with Crippen molar-refractivity contribution in [1.82, 2.24) is 15.6 Å². The first kappa shape index (κ1) is 27.4. The van der Waals surface area contributed by atoms with Gasteiger partial charge in [0, 0.05) is 43.1 Å². The molecule has 1 amide bonds. The molecule has 3 atom stereocenters. The average Bonchev–Trinajstić information content (AvgIpc) is 2.74. The number of benzene rings is 1. The second-order valence-electron chi connectivity index (χ2n) is 11.7. The van der Waals surface area contributed by atoms with Crippen LogP contribution in [0.5, 0.6) is 5.88 Å². The van der Waals surface area contributed by atoms with Gasteiger partial charge in [0.25, 0.3) is 0 Å². The van der Waals surface area contributed by atoms with Gasteiger partial charge in [0.2, 0.25) is 17.7 Å². The second-order valence-corrected chi connectivity index (χ2v) is 11.7. The third-order valence-corrected chi connectivity index (χ3v) is 7.10. The molecule has 3 N–H and O–H groups in total. The minimum atomic E-state index is -1.05. The maximum Gasteiger partial charge on any atom is 0.221 e. The molecule has 1 aliphatic heterocycles. The number of aliphatic hydroxyl groups excluding tert-OH is 1. The minimum absolute atomic E-state index is 0.0495. The number of nitrogens with zero attached hydrogens (tertiary/aromatic N) is 1. The minimum Gasteiger partial charge on any atom is -0.471 e.